The van der Waals surface area contributed by atoms with Gasteiger partial charge in [0.05, 0.1) is 17.3 Å². The van der Waals surface area contributed by atoms with Crippen LogP contribution in [0.15, 0.2) is 21.1 Å². The van der Waals surface area contributed by atoms with Crippen LogP contribution >= 0.6 is 31.9 Å². The lowest BCUT2D eigenvalue weighted by Crippen LogP contribution is -2.22. The van der Waals surface area contributed by atoms with E-state index in [2.05, 4.69) is 42.5 Å². The number of benzene rings is 1. The molecule has 2 N–H and O–H groups in total. The summed E-state index contributed by atoms with van der Waals surface area (Å²) in [5.41, 5.74) is 1.08. The molecule has 0 amide bonds. The molecule has 88 valence electrons. The van der Waals surface area contributed by atoms with Crippen molar-refractivity contribution >= 4 is 37.5 Å². The van der Waals surface area contributed by atoms with E-state index in [1.165, 1.54) is 0 Å². The van der Waals surface area contributed by atoms with E-state index in [1.807, 2.05) is 12.1 Å². The lowest BCUT2D eigenvalue weighted by Gasteiger charge is -2.16. The Kier molecular flexibility index (Phi) is 4.10. The molecule has 1 heterocycles. The SMILES string of the molecule is COc1cc(NC2CCNC2)c(Br)cc1Br. The highest BCUT2D eigenvalue weighted by molar-refractivity contribution is 9.11. The van der Waals surface area contributed by atoms with Gasteiger partial charge in [0.1, 0.15) is 5.75 Å². The Hall–Kier alpha value is -0.260. The summed E-state index contributed by atoms with van der Waals surface area (Å²) >= 11 is 7.01. The molecular formula is C11H14Br2N2O. The third kappa shape index (κ3) is 2.70. The summed E-state index contributed by atoms with van der Waals surface area (Å²) in [6.07, 6.45) is 1.16. The van der Waals surface area contributed by atoms with Gasteiger partial charge in [0.2, 0.25) is 0 Å². The molecule has 1 saturated heterocycles. The summed E-state index contributed by atoms with van der Waals surface area (Å²) in [4.78, 5) is 0. The largest absolute Gasteiger partial charge is 0.495 e. The van der Waals surface area contributed by atoms with Crippen LogP contribution in [0.5, 0.6) is 5.75 Å². The maximum Gasteiger partial charge on any atom is 0.135 e. The van der Waals surface area contributed by atoms with Gasteiger partial charge in [0.25, 0.3) is 0 Å². The Balaban J connectivity index is 2.18. The van der Waals surface area contributed by atoms with Crippen LogP contribution in [0.1, 0.15) is 6.42 Å². The molecule has 5 heteroatoms. The van der Waals surface area contributed by atoms with Gasteiger partial charge in [-0.05, 0) is 50.9 Å². The molecular weight excluding hydrogens is 336 g/mol. The van der Waals surface area contributed by atoms with Gasteiger partial charge in [-0.25, -0.2) is 0 Å². The summed E-state index contributed by atoms with van der Waals surface area (Å²) in [6.45, 7) is 2.10. The number of ether oxygens (including phenoxy) is 1. The highest BCUT2D eigenvalue weighted by atomic mass is 79.9. The van der Waals surface area contributed by atoms with Crippen LogP contribution in [-0.4, -0.2) is 26.2 Å². The summed E-state index contributed by atoms with van der Waals surface area (Å²) in [7, 11) is 1.68. The molecule has 0 saturated carbocycles. The molecule has 1 aliphatic heterocycles. The minimum atomic E-state index is 0.502. The Morgan fingerprint density at radius 1 is 1.38 bits per heavy atom. The number of rotatable bonds is 3. The molecule has 0 aromatic heterocycles. The zero-order valence-corrected chi connectivity index (χ0v) is 12.2. The maximum absolute atomic E-state index is 5.28. The van der Waals surface area contributed by atoms with Gasteiger partial charge in [-0.2, -0.15) is 0 Å². The number of hydrogen-bond acceptors (Lipinski definition) is 3. The first kappa shape index (κ1) is 12.2. The molecule has 0 aliphatic carbocycles. The van der Waals surface area contributed by atoms with Gasteiger partial charge in [0.15, 0.2) is 0 Å². The maximum atomic E-state index is 5.28. The topological polar surface area (TPSA) is 33.3 Å². The van der Waals surface area contributed by atoms with Crippen molar-refractivity contribution < 1.29 is 4.74 Å². The van der Waals surface area contributed by atoms with Crippen LogP contribution in [0.2, 0.25) is 0 Å². The molecule has 0 radical (unpaired) electrons. The first-order valence-corrected chi connectivity index (χ1v) is 6.79. The van der Waals surface area contributed by atoms with Crippen molar-refractivity contribution in [3.05, 3.63) is 21.1 Å². The second kappa shape index (κ2) is 5.38. The molecule has 2 rings (SSSR count). The molecule has 1 aromatic rings. The molecule has 0 bridgehead atoms. The predicted molar refractivity (Wildman–Crippen MR) is 73.3 cm³/mol. The zero-order chi connectivity index (χ0) is 11.5. The van der Waals surface area contributed by atoms with E-state index in [-0.39, 0.29) is 0 Å². The molecule has 3 nitrogen and oxygen atoms in total. The fourth-order valence-electron chi connectivity index (χ4n) is 1.79. The van der Waals surface area contributed by atoms with Crippen LogP contribution in [0.25, 0.3) is 0 Å². The predicted octanol–water partition coefficient (Wildman–Crippen LogP) is 2.99. The first-order chi connectivity index (χ1) is 7.70. The third-order valence-electron chi connectivity index (χ3n) is 2.66. The van der Waals surface area contributed by atoms with Crippen LogP contribution in [0, 0.1) is 0 Å². The standard InChI is InChI=1S/C11H14Br2N2O/c1-16-11-5-10(8(12)4-9(11)13)15-7-2-3-14-6-7/h4-5,7,14-15H,2-3,6H2,1H3. The van der Waals surface area contributed by atoms with Gasteiger partial charge in [-0.3, -0.25) is 0 Å². The minimum Gasteiger partial charge on any atom is -0.495 e. The Morgan fingerprint density at radius 3 is 2.81 bits per heavy atom. The summed E-state index contributed by atoms with van der Waals surface area (Å²) in [6, 6.07) is 4.51. The average molecular weight is 350 g/mol. The van der Waals surface area contributed by atoms with Crippen molar-refractivity contribution in [1.29, 1.82) is 0 Å². The number of anilines is 1. The van der Waals surface area contributed by atoms with E-state index in [4.69, 9.17) is 4.74 Å². The molecule has 1 aliphatic rings. The average Bonchev–Trinajstić information content (AvgIpc) is 2.75. The van der Waals surface area contributed by atoms with Gasteiger partial charge >= 0.3 is 0 Å². The highest BCUT2D eigenvalue weighted by Gasteiger charge is 2.16. The van der Waals surface area contributed by atoms with Crippen molar-refractivity contribution in [3.63, 3.8) is 0 Å². The monoisotopic (exact) mass is 348 g/mol. The summed E-state index contributed by atoms with van der Waals surface area (Å²) in [5, 5.41) is 6.83. The van der Waals surface area contributed by atoms with Crippen molar-refractivity contribution in [2.24, 2.45) is 0 Å². The zero-order valence-electron chi connectivity index (χ0n) is 9.02. The number of methoxy groups -OCH3 is 1. The van der Waals surface area contributed by atoms with Gasteiger partial charge in [0, 0.05) is 23.1 Å². The van der Waals surface area contributed by atoms with Gasteiger partial charge in [-0.1, -0.05) is 0 Å². The fraction of sp³-hybridized carbons (Fsp3) is 0.455. The second-order valence-electron chi connectivity index (χ2n) is 3.80. The van der Waals surface area contributed by atoms with Crippen LogP contribution in [0.4, 0.5) is 5.69 Å². The van der Waals surface area contributed by atoms with Gasteiger partial charge in [-0.15, -0.1) is 0 Å². The van der Waals surface area contributed by atoms with E-state index < -0.39 is 0 Å². The lowest BCUT2D eigenvalue weighted by molar-refractivity contribution is 0.412. The van der Waals surface area contributed by atoms with E-state index in [0.717, 1.165) is 39.9 Å². The van der Waals surface area contributed by atoms with E-state index >= 15 is 0 Å². The first-order valence-electron chi connectivity index (χ1n) is 5.21. The van der Waals surface area contributed by atoms with Crippen LogP contribution < -0.4 is 15.4 Å². The molecule has 0 spiro atoms. The fourth-order valence-corrected chi connectivity index (χ4v) is 3.06. The molecule has 1 fully saturated rings. The quantitative estimate of drug-likeness (QED) is 0.880. The number of halogens is 2. The van der Waals surface area contributed by atoms with Crippen LogP contribution in [0.3, 0.4) is 0 Å². The Bertz CT molecular complexity index is 378. The Labute approximate surface area is 112 Å². The van der Waals surface area contributed by atoms with Crippen molar-refractivity contribution in [1.82, 2.24) is 5.32 Å². The third-order valence-corrected chi connectivity index (χ3v) is 3.94. The second-order valence-corrected chi connectivity index (χ2v) is 5.51. The lowest BCUT2D eigenvalue weighted by atomic mass is 10.2. The summed E-state index contributed by atoms with van der Waals surface area (Å²) < 4.78 is 7.29. The van der Waals surface area contributed by atoms with E-state index in [0.29, 0.717) is 6.04 Å². The minimum absolute atomic E-state index is 0.502. The normalized spacial score (nSPS) is 19.8. The number of nitrogens with one attached hydrogen (secondary N) is 2. The number of hydrogen-bond donors (Lipinski definition) is 2. The smallest absolute Gasteiger partial charge is 0.135 e. The van der Waals surface area contributed by atoms with Crippen molar-refractivity contribution in [2.75, 3.05) is 25.5 Å². The molecule has 1 aromatic carbocycles. The van der Waals surface area contributed by atoms with Crippen LogP contribution in [-0.2, 0) is 0 Å². The molecule has 1 atom stereocenters. The highest BCUT2D eigenvalue weighted by Crippen LogP contribution is 2.35. The van der Waals surface area contributed by atoms with E-state index in [1.54, 1.807) is 7.11 Å². The molecule has 16 heavy (non-hydrogen) atoms. The molecule has 1 unspecified atom stereocenters. The van der Waals surface area contributed by atoms with E-state index in [9.17, 15) is 0 Å². The van der Waals surface area contributed by atoms with Gasteiger partial charge < -0.3 is 15.4 Å². The van der Waals surface area contributed by atoms with Crippen molar-refractivity contribution in [3.8, 4) is 5.75 Å². The Morgan fingerprint density at radius 2 is 2.19 bits per heavy atom. The summed E-state index contributed by atoms with van der Waals surface area (Å²) in [5.74, 6) is 0.844. The van der Waals surface area contributed by atoms with Crippen molar-refractivity contribution in [2.45, 2.75) is 12.5 Å².